The summed E-state index contributed by atoms with van der Waals surface area (Å²) in [6, 6.07) is 5.13. The van der Waals surface area contributed by atoms with E-state index in [0.717, 1.165) is 12.8 Å². The van der Waals surface area contributed by atoms with Crippen LogP contribution in [0.15, 0.2) is 18.2 Å². The molecule has 11 heavy (non-hydrogen) atoms. The molecule has 0 spiro atoms. The molecule has 0 aliphatic carbocycles. The second-order valence-corrected chi connectivity index (χ2v) is 2.57. The fraction of sp³-hybridized carbons (Fsp3) is 0.333. The van der Waals surface area contributed by atoms with Crippen LogP contribution in [-0.2, 0) is 6.42 Å². The number of hydrogen-bond donors (Lipinski definition) is 1. The van der Waals surface area contributed by atoms with Crippen molar-refractivity contribution in [1.82, 2.24) is 0 Å². The van der Waals surface area contributed by atoms with Crippen LogP contribution in [0.5, 0.6) is 0 Å². The minimum atomic E-state index is -0.255. The van der Waals surface area contributed by atoms with Crippen LogP contribution in [0.25, 0.3) is 0 Å². The molecule has 2 heteroatoms. The quantitative estimate of drug-likeness (QED) is 0.648. The molecular weight excluding hydrogens is 141 g/mol. The van der Waals surface area contributed by atoms with Crippen LogP contribution in [0.3, 0.4) is 0 Å². The van der Waals surface area contributed by atoms with E-state index in [1.165, 1.54) is 0 Å². The summed E-state index contributed by atoms with van der Waals surface area (Å²) >= 11 is 0. The number of nitrogen functional groups attached to an aromatic ring is 1. The van der Waals surface area contributed by atoms with Gasteiger partial charge in [0.05, 0.1) is 5.69 Å². The number of nitrogens with two attached hydrogens (primary N) is 1. The van der Waals surface area contributed by atoms with Gasteiger partial charge in [-0.3, -0.25) is 0 Å². The molecule has 0 radical (unpaired) electrons. The largest absolute Gasteiger partial charge is 0.396 e. The van der Waals surface area contributed by atoms with Gasteiger partial charge in [-0.05, 0) is 18.1 Å². The van der Waals surface area contributed by atoms with Gasteiger partial charge < -0.3 is 5.73 Å². The Morgan fingerprint density at radius 1 is 1.45 bits per heavy atom. The van der Waals surface area contributed by atoms with Crippen molar-refractivity contribution in [2.75, 3.05) is 5.73 Å². The van der Waals surface area contributed by atoms with Crippen molar-refractivity contribution in [3.63, 3.8) is 0 Å². The Hall–Kier alpha value is -1.05. The first-order valence-electron chi connectivity index (χ1n) is 3.78. The van der Waals surface area contributed by atoms with E-state index in [0.29, 0.717) is 5.56 Å². The summed E-state index contributed by atoms with van der Waals surface area (Å²) in [5.41, 5.74) is 6.34. The first-order chi connectivity index (χ1) is 5.25. The standard InChI is InChI=1S/C9H12FN/c1-2-4-7-5-3-6-8(11)9(7)10/h3,5-6H,2,4,11H2,1H3. The normalized spacial score (nSPS) is 10.0. The van der Waals surface area contributed by atoms with Gasteiger partial charge in [0.25, 0.3) is 0 Å². The van der Waals surface area contributed by atoms with E-state index in [-0.39, 0.29) is 11.5 Å². The third-order valence-corrected chi connectivity index (χ3v) is 1.63. The van der Waals surface area contributed by atoms with E-state index in [4.69, 9.17) is 5.73 Å². The van der Waals surface area contributed by atoms with E-state index in [9.17, 15) is 4.39 Å². The summed E-state index contributed by atoms with van der Waals surface area (Å²) in [5.74, 6) is -0.255. The summed E-state index contributed by atoms with van der Waals surface area (Å²) < 4.78 is 13.1. The van der Waals surface area contributed by atoms with Gasteiger partial charge in [0, 0.05) is 0 Å². The summed E-state index contributed by atoms with van der Waals surface area (Å²) in [6.07, 6.45) is 1.71. The zero-order valence-corrected chi connectivity index (χ0v) is 6.60. The lowest BCUT2D eigenvalue weighted by Gasteiger charge is -2.02. The Labute approximate surface area is 66.0 Å². The van der Waals surface area contributed by atoms with Crippen LogP contribution in [-0.4, -0.2) is 0 Å². The van der Waals surface area contributed by atoms with Crippen molar-refractivity contribution < 1.29 is 4.39 Å². The van der Waals surface area contributed by atoms with E-state index >= 15 is 0 Å². The van der Waals surface area contributed by atoms with Crippen LogP contribution in [0.2, 0.25) is 0 Å². The molecule has 0 aliphatic heterocycles. The number of benzene rings is 1. The van der Waals surface area contributed by atoms with Crippen molar-refractivity contribution >= 4 is 5.69 Å². The highest BCUT2D eigenvalue weighted by molar-refractivity contribution is 5.42. The maximum Gasteiger partial charge on any atom is 0.149 e. The lowest BCUT2D eigenvalue weighted by molar-refractivity contribution is 0.612. The minimum Gasteiger partial charge on any atom is -0.396 e. The molecule has 0 aliphatic rings. The predicted octanol–water partition coefficient (Wildman–Crippen LogP) is 2.36. The summed E-state index contributed by atoms with van der Waals surface area (Å²) in [6.45, 7) is 2.02. The van der Waals surface area contributed by atoms with Gasteiger partial charge in [-0.2, -0.15) is 0 Å². The Balaban J connectivity index is 2.96. The number of anilines is 1. The molecular formula is C9H12FN. The molecule has 0 atom stereocenters. The van der Waals surface area contributed by atoms with Gasteiger partial charge in [-0.25, -0.2) is 4.39 Å². The molecule has 0 unspecified atom stereocenters. The summed E-state index contributed by atoms with van der Waals surface area (Å²) in [4.78, 5) is 0. The molecule has 2 N–H and O–H groups in total. The van der Waals surface area contributed by atoms with Crippen LogP contribution in [0, 0.1) is 5.82 Å². The summed E-state index contributed by atoms with van der Waals surface area (Å²) in [5, 5.41) is 0. The molecule has 0 bridgehead atoms. The van der Waals surface area contributed by atoms with E-state index in [2.05, 4.69) is 0 Å². The van der Waals surface area contributed by atoms with Crippen molar-refractivity contribution in [1.29, 1.82) is 0 Å². The minimum absolute atomic E-state index is 0.246. The Morgan fingerprint density at radius 2 is 2.18 bits per heavy atom. The van der Waals surface area contributed by atoms with Crippen molar-refractivity contribution in [2.24, 2.45) is 0 Å². The average molecular weight is 153 g/mol. The molecule has 0 amide bonds. The molecule has 60 valence electrons. The van der Waals surface area contributed by atoms with E-state index < -0.39 is 0 Å². The van der Waals surface area contributed by atoms with E-state index in [1.54, 1.807) is 18.2 Å². The van der Waals surface area contributed by atoms with E-state index in [1.807, 2.05) is 6.92 Å². The second-order valence-electron chi connectivity index (χ2n) is 2.57. The number of rotatable bonds is 2. The zero-order chi connectivity index (χ0) is 8.27. The second kappa shape index (κ2) is 3.37. The van der Waals surface area contributed by atoms with Crippen molar-refractivity contribution in [3.8, 4) is 0 Å². The highest BCUT2D eigenvalue weighted by Crippen LogP contribution is 2.15. The Kier molecular flexibility index (Phi) is 2.47. The van der Waals surface area contributed by atoms with Gasteiger partial charge in [0.2, 0.25) is 0 Å². The molecule has 0 heterocycles. The van der Waals surface area contributed by atoms with Gasteiger partial charge in [-0.15, -0.1) is 0 Å². The lowest BCUT2D eigenvalue weighted by Crippen LogP contribution is -1.95. The maximum absolute atomic E-state index is 13.1. The molecule has 0 saturated heterocycles. The smallest absolute Gasteiger partial charge is 0.149 e. The van der Waals surface area contributed by atoms with Crippen LogP contribution in [0.1, 0.15) is 18.9 Å². The fourth-order valence-corrected chi connectivity index (χ4v) is 1.06. The monoisotopic (exact) mass is 153 g/mol. The van der Waals surface area contributed by atoms with Crippen molar-refractivity contribution in [2.45, 2.75) is 19.8 Å². The van der Waals surface area contributed by atoms with Gasteiger partial charge in [0.15, 0.2) is 0 Å². The third-order valence-electron chi connectivity index (χ3n) is 1.63. The van der Waals surface area contributed by atoms with Crippen LogP contribution >= 0.6 is 0 Å². The lowest BCUT2D eigenvalue weighted by atomic mass is 10.1. The predicted molar refractivity (Wildman–Crippen MR) is 44.8 cm³/mol. The molecule has 0 saturated carbocycles. The molecule has 1 nitrogen and oxygen atoms in total. The van der Waals surface area contributed by atoms with Crippen molar-refractivity contribution in [3.05, 3.63) is 29.6 Å². The van der Waals surface area contributed by atoms with Crippen LogP contribution < -0.4 is 5.73 Å². The molecule has 1 aromatic carbocycles. The number of aryl methyl sites for hydroxylation is 1. The first kappa shape index (κ1) is 8.05. The molecule has 0 aromatic heterocycles. The van der Waals surface area contributed by atoms with Gasteiger partial charge in [0.1, 0.15) is 5.82 Å². The van der Waals surface area contributed by atoms with Crippen LogP contribution in [0.4, 0.5) is 10.1 Å². The zero-order valence-electron chi connectivity index (χ0n) is 6.60. The first-order valence-corrected chi connectivity index (χ1v) is 3.78. The average Bonchev–Trinajstić information content (AvgIpc) is 1.99. The Morgan fingerprint density at radius 3 is 2.82 bits per heavy atom. The highest BCUT2D eigenvalue weighted by Gasteiger charge is 2.02. The summed E-state index contributed by atoms with van der Waals surface area (Å²) in [7, 11) is 0. The third kappa shape index (κ3) is 1.70. The number of halogens is 1. The molecule has 1 rings (SSSR count). The maximum atomic E-state index is 13.1. The number of hydrogen-bond acceptors (Lipinski definition) is 1. The van der Waals surface area contributed by atoms with Gasteiger partial charge in [-0.1, -0.05) is 25.5 Å². The Bertz CT molecular complexity index is 245. The van der Waals surface area contributed by atoms with Gasteiger partial charge >= 0.3 is 0 Å². The highest BCUT2D eigenvalue weighted by atomic mass is 19.1. The molecule has 0 fully saturated rings. The topological polar surface area (TPSA) is 26.0 Å². The molecule has 1 aromatic rings. The fourth-order valence-electron chi connectivity index (χ4n) is 1.06. The SMILES string of the molecule is CCCc1cccc(N)c1F.